The van der Waals surface area contributed by atoms with Crippen LogP contribution in [0.1, 0.15) is 74.7 Å². The fraction of sp³-hybridized carbons (Fsp3) is 0.542. The summed E-state index contributed by atoms with van der Waals surface area (Å²) in [6.07, 6.45) is 4.04. The highest BCUT2D eigenvalue weighted by Crippen LogP contribution is 2.49. The summed E-state index contributed by atoms with van der Waals surface area (Å²) in [5.41, 5.74) is -1.21. The van der Waals surface area contributed by atoms with Gasteiger partial charge in [-0.2, -0.15) is 0 Å². The number of benzene rings is 1. The number of hydrogen-bond donors (Lipinski definition) is 3. The number of aliphatic hydroxyl groups is 2. The number of unbranched alkanes of at least 4 members (excludes halogenated alkanes) is 4. The zero-order chi connectivity index (χ0) is 23.0. The van der Waals surface area contributed by atoms with Gasteiger partial charge in [-0.3, -0.25) is 9.59 Å². The van der Waals surface area contributed by atoms with Gasteiger partial charge in [0.1, 0.15) is 5.78 Å². The molecule has 31 heavy (non-hydrogen) atoms. The molecule has 0 amide bonds. The fourth-order valence-electron chi connectivity index (χ4n) is 4.42. The average Bonchev–Trinajstić information content (AvgIpc) is 2.97. The first-order valence-electron chi connectivity index (χ1n) is 10.9. The number of aliphatic carboxylic acids is 1. The minimum atomic E-state index is -1.67. The van der Waals surface area contributed by atoms with Gasteiger partial charge in [0.15, 0.2) is 0 Å². The number of Topliss-reactive ketones (excluding diaryl/α,β-unsaturated/α-hetero) is 1. The van der Waals surface area contributed by atoms with E-state index in [1.165, 1.54) is 12.1 Å². The number of carbonyl (C=O) groups excluding carboxylic acids is 2. The lowest BCUT2D eigenvalue weighted by Crippen LogP contribution is -2.42. The van der Waals surface area contributed by atoms with E-state index in [1.54, 1.807) is 25.1 Å². The maximum absolute atomic E-state index is 13.1. The molecule has 3 N–H and O–H groups in total. The van der Waals surface area contributed by atoms with Crippen LogP contribution < -0.4 is 0 Å². The highest BCUT2D eigenvalue weighted by Gasteiger charge is 2.58. The second-order valence-electron chi connectivity index (χ2n) is 7.99. The van der Waals surface area contributed by atoms with Crippen molar-refractivity contribution in [2.24, 2.45) is 5.92 Å². The average molecular weight is 433 g/mol. The van der Waals surface area contributed by atoms with E-state index < -0.39 is 41.6 Å². The van der Waals surface area contributed by atoms with Crippen LogP contribution in [0.2, 0.25) is 0 Å². The first kappa shape index (κ1) is 24.6. The predicted octanol–water partition coefficient (Wildman–Crippen LogP) is 3.94. The molecule has 0 aliphatic heterocycles. The molecule has 0 bridgehead atoms. The van der Waals surface area contributed by atoms with Crippen molar-refractivity contribution in [2.75, 3.05) is 6.61 Å². The molecule has 170 valence electrons. The Labute approximate surface area is 182 Å². The first-order valence-corrected chi connectivity index (χ1v) is 10.9. The molecule has 0 unspecified atom stereocenters. The van der Waals surface area contributed by atoms with E-state index in [0.29, 0.717) is 6.42 Å². The van der Waals surface area contributed by atoms with Crippen molar-refractivity contribution < 1.29 is 34.4 Å². The molecule has 7 heteroatoms. The van der Waals surface area contributed by atoms with Crippen molar-refractivity contribution in [1.29, 1.82) is 0 Å². The topological polar surface area (TPSA) is 121 Å². The van der Waals surface area contributed by atoms with Gasteiger partial charge >= 0.3 is 11.9 Å². The summed E-state index contributed by atoms with van der Waals surface area (Å²) in [7, 11) is 0. The number of carboxylic acids is 1. The number of carboxylic acid groups (broad SMARTS) is 1. The van der Waals surface area contributed by atoms with Gasteiger partial charge in [0, 0.05) is 6.42 Å². The quantitative estimate of drug-likeness (QED) is 0.275. The van der Waals surface area contributed by atoms with Gasteiger partial charge < -0.3 is 20.1 Å². The number of ketones is 1. The van der Waals surface area contributed by atoms with E-state index in [0.717, 1.165) is 25.7 Å². The lowest BCUT2D eigenvalue weighted by molar-refractivity contribution is -0.141. The van der Waals surface area contributed by atoms with Crippen LogP contribution in [0.5, 0.6) is 0 Å². The Hall–Kier alpha value is -2.67. The molecule has 1 saturated carbocycles. The maximum atomic E-state index is 13.1. The van der Waals surface area contributed by atoms with Crippen molar-refractivity contribution in [3.63, 3.8) is 0 Å². The van der Waals surface area contributed by atoms with Gasteiger partial charge in [-0.15, -0.1) is 0 Å². The first-order chi connectivity index (χ1) is 14.8. The van der Waals surface area contributed by atoms with Gasteiger partial charge in [-0.05, 0) is 43.5 Å². The van der Waals surface area contributed by atoms with E-state index >= 15 is 0 Å². The molecule has 1 aliphatic rings. The van der Waals surface area contributed by atoms with Crippen LogP contribution in [-0.2, 0) is 19.7 Å². The van der Waals surface area contributed by atoms with Crippen molar-refractivity contribution in [1.82, 2.24) is 0 Å². The van der Waals surface area contributed by atoms with Gasteiger partial charge in [0.2, 0.25) is 0 Å². The molecule has 0 aromatic heterocycles. The molecule has 3 atom stereocenters. The van der Waals surface area contributed by atoms with Crippen LogP contribution in [0.15, 0.2) is 36.1 Å². The summed E-state index contributed by atoms with van der Waals surface area (Å²) in [5, 5.41) is 31.1. The summed E-state index contributed by atoms with van der Waals surface area (Å²) in [6.45, 7) is 3.94. The van der Waals surface area contributed by atoms with E-state index in [9.17, 15) is 29.7 Å². The van der Waals surface area contributed by atoms with Gasteiger partial charge in [-0.25, -0.2) is 4.79 Å². The molecule has 2 rings (SSSR count). The number of ether oxygens (including phenoxy) is 1. The van der Waals surface area contributed by atoms with Crippen LogP contribution in [0.25, 0.3) is 0 Å². The van der Waals surface area contributed by atoms with Crippen LogP contribution in [-0.4, -0.2) is 45.8 Å². The Bertz CT molecular complexity index is 829. The zero-order valence-corrected chi connectivity index (χ0v) is 18.2. The minimum Gasteiger partial charge on any atom is -0.512 e. The summed E-state index contributed by atoms with van der Waals surface area (Å²) >= 11 is 0. The van der Waals surface area contributed by atoms with Crippen molar-refractivity contribution in [3.05, 3.63) is 47.2 Å². The van der Waals surface area contributed by atoms with Gasteiger partial charge in [0.05, 0.1) is 41.8 Å². The Kier molecular flexibility index (Phi) is 8.80. The molecule has 1 fully saturated rings. The van der Waals surface area contributed by atoms with Crippen LogP contribution in [0.3, 0.4) is 0 Å². The number of allylic oxidation sites excluding steroid dienone is 1. The summed E-state index contributed by atoms with van der Waals surface area (Å²) in [5.74, 6) is -3.57. The van der Waals surface area contributed by atoms with Crippen molar-refractivity contribution in [3.8, 4) is 0 Å². The van der Waals surface area contributed by atoms with Gasteiger partial charge in [-0.1, -0.05) is 38.3 Å². The summed E-state index contributed by atoms with van der Waals surface area (Å²) < 4.78 is 5.02. The van der Waals surface area contributed by atoms with E-state index in [1.807, 2.05) is 0 Å². The second-order valence-corrected chi connectivity index (χ2v) is 7.99. The fourth-order valence-corrected chi connectivity index (χ4v) is 4.42. The Morgan fingerprint density at radius 3 is 2.58 bits per heavy atom. The van der Waals surface area contributed by atoms with Crippen LogP contribution >= 0.6 is 0 Å². The molecule has 7 nitrogen and oxygen atoms in total. The Morgan fingerprint density at radius 2 is 1.94 bits per heavy atom. The number of rotatable bonds is 11. The number of aliphatic hydroxyl groups excluding tert-OH is 2. The largest absolute Gasteiger partial charge is 0.512 e. The smallest absolute Gasteiger partial charge is 0.338 e. The van der Waals surface area contributed by atoms with Crippen molar-refractivity contribution >= 4 is 17.7 Å². The normalized spacial score (nSPS) is 23.7. The minimum absolute atomic E-state index is 0.172. The van der Waals surface area contributed by atoms with E-state index in [4.69, 9.17) is 4.74 Å². The number of esters is 1. The highest BCUT2D eigenvalue weighted by atomic mass is 16.5. The molecule has 1 aromatic carbocycles. The van der Waals surface area contributed by atoms with Crippen LogP contribution in [0, 0.1) is 5.92 Å². The molecule has 0 heterocycles. The molecular weight excluding hydrogens is 400 g/mol. The molecule has 1 aliphatic carbocycles. The second kappa shape index (κ2) is 11.1. The Morgan fingerprint density at radius 1 is 1.19 bits per heavy atom. The standard InChI is InChI=1S/C24H32O7/c1-3-5-6-7-8-12-18(25)22-19(26)14-20(27)24(22,15-21(28)29)17-11-9-10-16(13-17)23(30)31-4-2/h9-13,19,22,25-26H,3-8,14-15H2,1-2H3,(H,28,29)/t19-,22+,24-/m1/s1. The number of carbonyl (C=O) groups is 3. The maximum Gasteiger partial charge on any atom is 0.338 e. The number of hydrogen-bond acceptors (Lipinski definition) is 6. The predicted molar refractivity (Wildman–Crippen MR) is 115 cm³/mol. The third-order valence-electron chi connectivity index (χ3n) is 5.86. The lowest BCUT2D eigenvalue weighted by Gasteiger charge is -2.34. The lowest BCUT2D eigenvalue weighted by atomic mass is 9.67. The molecule has 0 saturated heterocycles. The molecule has 0 spiro atoms. The Balaban J connectivity index is 2.50. The summed E-state index contributed by atoms with van der Waals surface area (Å²) in [4.78, 5) is 37.1. The third-order valence-corrected chi connectivity index (χ3v) is 5.86. The van der Waals surface area contributed by atoms with Crippen LogP contribution in [0.4, 0.5) is 0 Å². The SMILES string of the molecule is CCCCCCC=C(O)[C@H]1[C@H](O)CC(=O)[C@@]1(CC(=O)O)c1cccc(C(=O)OCC)c1. The monoisotopic (exact) mass is 432 g/mol. The third kappa shape index (κ3) is 5.53. The molecular formula is C24H32O7. The van der Waals surface area contributed by atoms with E-state index in [2.05, 4.69) is 6.92 Å². The van der Waals surface area contributed by atoms with Gasteiger partial charge in [0.25, 0.3) is 0 Å². The van der Waals surface area contributed by atoms with E-state index in [-0.39, 0.29) is 29.9 Å². The molecule has 0 radical (unpaired) electrons. The zero-order valence-electron chi connectivity index (χ0n) is 18.2. The molecule has 1 aromatic rings. The summed E-state index contributed by atoms with van der Waals surface area (Å²) in [6, 6.07) is 6.05. The van der Waals surface area contributed by atoms with Crippen molar-refractivity contribution in [2.45, 2.75) is 70.3 Å². The highest BCUT2D eigenvalue weighted by molar-refractivity contribution is 5.98.